The first kappa shape index (κ1) is 33.8. The molecule has 0 unspecified atom stereocenters. The van der Waals surface area contributed by atoms with Gasteiger partial charge in [-0.15, -0.1) is 0 Å². The van der Waals surface area contributed by atoms with Gasteiger partial charge in [-0.3, -0.25) is 0 Å². The van der Waals surface area contributed by atoms with Gasteiger partial charge in [0.25, 0.3) is 0 Å². The SMILES string of the molecule is CCC=CCCOc1c(OCCCCCCCCCC)c(=O)oc2cccc(OCCCCCCCCCC)c12. The Kier molecular flexibility index (Phi) is 18.8. The Morgan fingerprint density at radius 1 is 0.625 bits per heavy atom. The molecule has 1 heterocycles. The molecule has 40 heavy (non-hydrogen) atoms. The minimum atomic E-state index is -0.494. The topological polar surface area (TPSA) is 57.9 Å². The largest absolute Gasteiger partial charge is 0.493 e. The second-order valence-corrected chi connectivity index (χ2v) is 10.8. The summed E-state index contributed by atoms with van der Waals surface area (Å²) in [4.78, 5) is 13.0. The molecule has 0 bridgehead atoms. The third-order valence-corrected chi connectivity index (χ3v) is 7.24. The molecule has 0 amide bonds. The molecular weight excluding hydrogens is 500 g/mol. The van der Waals surface area contributed by atoms with E-state index in [1.165, 1.54) is 77.0 Å². The zero-order valence-electron chi connectivity index (χ0n) is 25.8. The van der Waals surface area contributed by atoms with Gasteiger partial charge < -0.3 is 18.6 Å². The first-order valence-corrected chi connectivity index (χ1v) is 16.4. The van der Waals surface area contributed by atoms with E-state index >= 15 is 0 Å². The van der Waals surface area contributed by atoms with Crippen molar-refractivity contribution >= 4 is 11.0 Å². The molecule has 0 N–H and O–H groups in total. The molecule has 0 atom stereocenters. The van der Waals surface area contributed by atoms with Gasteiger partial charge in [-0.2, -0.15) is 0 Å². The normalized spacial score (nSPS) is 11.5. The second kappa shape index (κ2) is 22.3. The van der Waals surface area contributed by atoms with Crippen molar-refractivity contribution in [2.45, 2.75) is 136 Å². The van der Waals surface area contributed by atoms with Gasteiger partial charge in [-0.1, -0.05) is 129 Å². The number of unbranched alkanes of at least 4 members (excludes halogenated alkanes) is 14. The molecular formula is C35H56O5. The molecule has 5 nitrogen and oxygen atoms in total. The number of benzene rings is 1. The van der Waals surface area contributed by atoms with Crippen molar-refractivity contribution in [1.29, 1.82) is 0 Å². The molecule has 1 aromatic carbocycles. The van der Waals surface area contributed by atoms with Crippen molar-refractivity contribution in [3.05, 3.63) is 40.8 Å². The van der Waals surface area contributed by atoms with Gasteiger partial charge >= 0.3 is 5.63 Å². The lowest BCUT2D eigenvalue weighted by Gasteiger charge is -2.16. The van der Waals surface area contributed by atoms with Crippen LogP contribution in [0, 0.1) is 0 Å². The monoisotopic (exact) mass is 556 g/mol. The lowest BCUT2D eigenvalue weighted by atomic mass is 10.1. The fourth-order valence-corrected chi connectivity index (χ4v) is 4.90. The van der Waals surface area contributed by atoms with Crippen molar-refractivity contribution in [1.82, 2.24) is 0 Å². The minimum Gasteiger partial charge on any atom is -0.493 e. The van der Waals surface area contributed by atoms with Crippen molar-refractivity contribution in [3.63, 3.8) is 0 Å². The van der Waals surface area contributed by atoms with Gasteiger partial charge in [0.2, 0.25) is 5.75 Å². The summed E-state index contributed by atoms with van der Waals surface area (Å²) in [6.45, 7) is 8.16. The average Bonchev–Trinajstić information content (AvgIpc) is 2.96. The van der Waals surface area contributed by atoms with Crippen LogP contribution in [-0.4, -0.2) is 19.8 Å². The summed E-state index contributed by atoms with van der Waals surface area (Å²) >= 11 is 0. The highest BCUT2D eigenvalue weighted by molar-refractivity contribution is 5.91. The molecule has 0 radical (unpaired) electrons. The maximum Gasteiger partial charge on any atom is 0.383 e. The fourth-order valence-electron chi connectivity index (χ4n) is 4.90. The van der Waals surface area contributed by atoms with E-state index in [1.807, 2.05) is 12.1 Å². The quantitative estimate of drug-likeness (QED) is 0.0691. The number of hydrogen-bond donors (Lipinski definition) is 0. The summed E-state index contributed by atoms with van der Waals surface area (Å²) in [5.41, 5.74) is -0.0247. The van der Waals surface area contributed by atoms with E-state index in [2.05, 4.69) is 32.9 Å². The van der Waals surface area contributed by atoms with E-state index in [0.717, 1.165) is 38.5 Å². The van der Waals surface area contributed by atoms with Crippen LogP contribution in [0.25, 0.3) is 11.0 Å². The summed E-state index contributed by atoms with van der Waals surface area (Å²) in [6.07, 6.45) is 25.6. The van der Waals surface area contributed by atoms with Gasteiger partial charge in [0, 0.05) is 0 Å². The number of allylic oxidation sites excluding steroid dienone is 1. The Morgan fingerprint density at radius 2 is 1.18 bits per heavy atom. The van der Waals surface area contributed by atoms with Crippen LogP contribution in [0.15, 0.2) is 39.6 Å². The van der Waals surface area contributed by atoms with Gasteiger partial charge in [0.05, 0.1) is 19.8 Å². The fraction of sp³-hybridized carbons (Fsp3) is 0.686. The lowest BCUT2D eigenvalue weighted by Crippen LogP contribution is -2.12. The van der Waals surface area contributed by atoms with E-state index in [4.69, 9.17) is 18.6 Å². The Labute approximate surface area is 243 Å². The van der Waals surface area contributed by atoms with Crippen LogP contribution in [0.1, 0.15) is 136 Å². The highest BCUT2D eigenvalue weighted by Gasteiger charge is 2.21. The highest BCUT2D eigenvalue weighted by Crippen LogP contribution is 2.39. The number of ether oxygens (including phenoxy) is 3. The zero-order valence-corrected chi connectivity index (χ0v) is 25.8. The summed E-state index contributed by atoms with van der Waals surface area (Å²) < 4.78 is 24.2. The van der Waals surface area contributed by atoms with E-state index in [9.17, 15) is 4.79 Å². The predicted molar refractivity (Wildman–Crippen MR) is 168 cm³/mol. The number of hydrogen-bond acceptors (Lipinski definition) is 5. The molecule has 0 saturated heterocycles. The molecule has 0 aliphatic rings. The molecule has 0 fully saturated rings. The Bertz CT molecular complexity index is 993. The zero-order chi connectivity index (χ0) is 28.7. The standard InChI is InChI=1S/C35H56O5/c1-4-7-10-13-15-17-19-22-27-37-30-25-24-26-31-32(30)33(38-28-21-12-9-6-3)34(35(36)40-31)39-29-23-20-18-16-14-11-8-5-2/h9,12,24-26H,4-8,10-11,13-23,27-29H2,1-3H3. The van der Waals surface area contributed by atoms with E-state index in [0.29, 0.717) is 42.3 Å². The molecule has 0 aliphatic carbocycles. The van der Waals surface area contributed by atoms with Gasteiger partial charge in [0.1, 0.15) is 16.7 Å². The van der Waals surface area contributed by atoms with Crippen LogP contribution in [0.4, 0.5) is 0 Å². The summed E-state index contributed by atoms with van der Waals surface area (Å²) in [5, 5.41) is 0.687. The molecule has 2 aromatic rings. The van der Waals surface area contributed by atoms with Gasteiger partial charge in [-0.25, -0.2) is 4.79 Å². The Morgan fingerprint density at radius 3 is 1.77 bits per heavy atom. The third kappa shape index (κ3) is 13.3. The first-order chi connectivity index (χ1) is 19.7. The van der Waals surface area contributed by atoms with E-state index in [1.54, 1.807) is 6.07 Å². The summed E-state index contributed by atoms with van der Waals surface area (Å²) in [5.74, 6) is 1.29. The summed E-state index contributed by atoms with van der Waals surface area (Å²) in [7, 11) is 0. The molecule has 0 spiro atoms. The second-order valence-electron chi connectivity index (χ2n) is 10.8. The maximum atomic E-state index is 13.0. The highest BCUT2D eigenvalue weighted by atomic mass is 16.5. The first-order valence-electron chi connectivity index (χ1n) is 16.4. The van der Waals surface area contributed by atoms with Crippen LogP contribution in [0.2, 0.25) is 0 Å². The van der Waals surface area contributed by atoms with Crippen LogP contribution in [0.3, 0.4) is 0 Å². The van der Waals surface area contributed by atoms with Crippen LogP contribution < -0.4 is 19.8 Å². The summed E-state index contributed by atoms with van der Waals surface area (Å²) in [6, 6.07) is 5.59. The van der Waals surface area contributed by atoms with Crippen LogP contribution >= 0.6 is 0 Å². The van der Waals surface area contributed by atoms with Crippen LogP contribution in [0.5, 0.6) is 17.2 Å². The molecule has 226 valence electrons. The van der Waals surface area contributed by atoms with Crippen molar-refractivity contribution in [3.8, 4) is 17.2 Å². The van der Waals surface area contributed by atoms with Crippen molar-refractivity contribution in [2.24, 2.45) is 0 Å². The molecule has 1 aromatic heterocycles. The molecule has 2 rings (SSSR count). The number of fused-ring (bicyclic) bond motifs is 1. The van der Waals surface area contributed by atoms with Gasteiger partial charge in [0.15, 0.2) is 5.75 Å². The predicted octanol–water partition coefficient (Wildman–Crippen LogP) is 10.6. The third-order valence-electron chi connectivity index (χ3n) is 7.24. The van der Waals surface area contributed by atoms with E-state index in [-0.39, 0.29) is 5.75 Å². The maximum absolute atomic E-state index is 13.0. The number of rotatable bonds is 25. The van der Waals surface area contributed by atoms with Crippen LogP contribution in [-0.2, 0) is 0 Å². The molecule has 0 aliphatic heterocycles. The lowest BCUT2D eigenvalue weighted by molar-refractivity contribution is 0.254. The average molecular weight is 557 g/mol. The smallest absolute Gasteiger partial charge is 0.383 e. The van der Waals surface area contributed by atoms with E-state index < -0.39 is 5.63 Å². The Hall–Kier alpha value is -2.43. The van der Waals surface area contributed by atoms with Crippen molar-refractivity contribution in [2.75, 3.05) is 19.8 Å². The minimum absolute atomic E-state index is 0.165. The molecule has 0 saturated carbocycles. The van der Waals surface area contributed by atoms with Crippen molar-refractivity contribution < 1.29 is 18.6 Å². The van der Waals surface area contributed by atoms with Gasteiger partial charge in [-0.05, 0) is 37.8 Å². The Balaban J connectivity index is 2.04. The molecule has 5 heteroatoms.